The number of ether oxygens (including phenoxy) is 4. The molecule has 35 heavy (non-hydrogen) atoms. The normalized spacial score (nSPS) is 11.4. The fourth-order valence-corrected chi connectivity index (χ4v) is 4.30. The Balaban J connectivity index is 2.00. The quantitative estimate of drug-likeness (QED) is 0.404. The highest BCUT2D eigenvalue weighted by Gasteiger charge is 2.21. The lowest BCUT2D eigenvalue weighted by Crippen LogP contribution is -2.14. The van der Waals surface area contributed by atoms with Gasteiger partial charge < -0.3 is 18.9 Å². The molecule has 0 aromatic heterocycles. The summed E-state index contributed by atoms with van der Waals surface area (Å²) in [5.41, 5.74) is 0.668. The Morgan fingerprint density at radius 1 is 0.686 bits per heavy atom. The van der Waals surface area contributed by atoms with Crippen LogP contribution in [0.1, 0.15) is 11.1 Å². The minimum Gasteiger partial charge on any atom is -0.493 e. The maximum atomic E-state index is 14.7. The van der Waals surface area contributed by atoms with Crippen LogP contribution < -0.4 is 23.7 Å². The van der Waals surface area contributed by atoms with Crippen molar-refractivity contribution in [3.8, 4) is 23.0 Å². The van der Waals surface area contributed by atoms with Crippen LogP contribution in [-0.2, 0) is 10.0 Å². The van der Waals surface area contributed by atoms with Crippen LogP contribution in [0.2, 0.25) is 0 Å². The summed E-state index contributed by atoms with van der Waals surface area (Å²) < 4.78 is 89.9. The van der Waals surface area contributed by atoms with Crippen LogP contribution in [-0.4, -0.2) is 36.9 Å². The monoisotopic (exact) mass is 509 g/mol. The summed E-state index contributed by atoms with van der Waals surface area (Å²) in [6, 6.07) is 7.90. The van der Waals surface area contributed by atoms with Gasteiger partial charge in [-0.3, -0.25) is 4.72 Å². The Labute approximate surface area is 200 Å². The van der Waals surface area contributed by atoms with Gasteiger partial charge in [0.25, 0.3) is 10.0 Å². The van der Waals surface area contributed by atoms with Gasteiger partial charge in [-0.05, 0) is 53.6 Å². The van der Waals surface area contributed by atoms with Crippen molar-refractivity contribution in [1.29, 1.82) is 0 Å². The van der Waals surface area contributed by atoms with Gasteiger partial charge in [-0.2, -0.15) is 0 Å². The number of methoxy groups -OCH3 is 4. The maximum Gasteiger partial charge on any atom is 0.262 e. The Morgan fingerprint density at radius 3 is 1.77 bits per heavy atom. The summed E-state index contributed by atoms with van der Waals surface area (Å²) in [5.74, 6) is -2.54. The van der Waals surface area contributed by atoms with E-state index >= 15 is 0 Å². The third-order valence-electron chi connectivity index (χ3n) is 4.87. The molecule has 11 heteroatoms. The highest BCUT2D eigenvalue weighted by molar-refractivity contribution is 7.92. The van der Waals surface area contributed by atoms with Crippen molar-refractivity contribution < 1.29 is 40.5 Å². The summed E-state index contributed by atoms with van der Waals surface area (Å²) in [4.78, 5) is -0.544. The van der Waals surface area contributed by atoms with Crippen molar-refractivity contribution in [1.82, 2.24) is 0 Å². The Hall–Kier alpha value is -3.86. The van der Waals surface area contributed by atoms with Crippen LogP contribution in [0.15, 0.2) is 47.4 Å². The molecule has 0 radical (unpaired) electrons. The van der Waals surface area contributed by atoms with E-state index in [9.17, 15) is 21.6 Å². The maximum absolute atomic E-state index is 14.7. The highest BCUT2D eigenvalue weighted by Crippen LogP contribution is 2.39. The molecule has 0 fully saturated rings. The molecule has 0 aliphatic rings. The zero-order valence-electron chi connectivity index (χ0n) is 19.2. The minimum atomic E-state index is -4.39. The van der Waals surface area contributed by atoms with E-state index in [1.165, 1.54) is 40.6 Å². The van der Waals surface area contributed by atoms with Crippen LogP contribution in [0, 0.1) is 17.5 Å². The standard InChI is InChI=1S/C24H22F3NO6S/c1-31-21-11-15(12-22(32-2)24(21)34-4)6-5-14-9-19(27)23(33-3)20(10-14)28-35(29,30)16-7-8-17(25)18(26)13-16/h5-13,28H,1-4H3. The molecule has 186 valence electrons. The van der Waals surface area contributed by atoms with Crippen molar-refractivity contribution >= 4 is 27.9 Å². The number of sulfonamides is 1. The van der Waals surface area contributed by atoms with E-state index in [-0.39, 0.29) is 17.0 Å². The van der Waals surface area contributed by atoms with E-state index in [0.29, 0.717) is 34.9 Å². The summed E-state index contributed by atoms with van der Waals surface area (Å²) in [6.07, 6.45) is 3.15. The lowest BCUT2D eigenvalue weighted by Gasteiger charge is -2.14. The van der Waals surface area contributed by atoms with E-state index in [1.54, 1.807) is 18.2 Å². The number of hydrogen-bond donors (Lipinski definition) is 1. The van der Waals surface area contributed by atoms with Crippen molar-refractivity contribution in [3.05, 3.63) is 71.0 Å². The van der Waals surface area contributed by atoms with Crippen LogP contribution in [0.3, 0.4) is 0 Å². The molecular formula is C24H22F3NO6S. The van der Waals surface area contributed by atoms with Gasteiger partial charge in [-0.25, -0.2) is 21.6 Å². The van der Waals surface area contributed by atoms with Gasteiger partial charge in [-0.15, -0.1) is 0 Å². The molecule has 0 aliphatic carbocycles. The smallest absolute Gasteiger partial charge is 0.262 e. The SMILES string of the molecule is COc1cc(C=Cc2cc(F)c(OC)c(NS(=O)(=O)c3ccc(F)c(F)c3)c2)cc(OC)c1OC. The van der Waals surface area contributed by atoms with E-state index in [2.05, 4.69) is 4.72 Å². The third-order valence-corrected chi connectivity index (χ3v) is 6.23. The summed E-state index contributed by atoms with van der Waals surface area (Å²) in [7, 11) is 1.19. The molecule has 1 N–H and O–H groups in total. The molecule has 0 heterocycles. The van der Waals surface area contributed by atoms with Crippen LogP contribution in [0.4, 0.5) is 18.9 Å². The lowest BCUT2D eigenvalue weighted by atomic mass is 10.1. The first-order valence-corrected chi connectivity index (χ1v) is 11.4. The van der Waals surface area contributed by atoms with Gasteiger partial charge in [0.1, 0.15) is 0 Å². The molecule has 7 nitrogen and oxygen atoms in total. The molecular weight excluding hydrogens is 487 g/mol. The molecule has 0 saturated carbocycles. The molecule has 0 atom stereocenters. The molecule has 3 aromatic carbocycles. The Bertz CT molecular complexity index is 1350. The van der Waals surface area contributed by atoms with Gasteiger partial charge in [-0.1, -0.05) is 12.2 Å². The molecule has 0 amide bonds. The largest absolute Gasteiger partial charge is 0.493 e. The number of nitrogens with one attached hydrogen (secondary N) is 1. The van der Waals surface area contributed by atoms with Crippen LogP contribution in [0.25, 0.3) is 12.2 Å². The van der Waals surface area contributed by atoms with Crippen molar-refractivity contribution in [3.63, 3.8) is 0 Å². The predicted octanol–water partition coefficient (Wildman–Crippen LogP) is 5.11. The zero-order chi connectivity index (χ0) is 25.8. The van der Waals surface area contributed by atoms with Gasteiger partial charge >= 0.3 is 0 Å². The summed E-state index contributed by atoms with van der Waals surface area (Å²) in [6.45, 7) is 0. The zero-order valence-corrected chi connectivity index (χ0v) is 20.0. The average molecular weight is 510 g/mol. The fourth-order valence-electron chi connectivity index (χ4n) is 3.23. The van der Waals surface area contributed by atoms with Crippen molar-refractivity contribution in [2.45, 2.75) is 4.90 Å². The van der Waals surface area contributed by atoms with Crippen LogP contribution >= 0.6 is 0 Å². The van der Waals surface area contributed by atoms with Gasteiger partial charge in [0, 0.05) is 0 Å². The van der Waals surface area contributed by atoms with Crippen LogP contribution in [0.5, 0.6) is 23.0 Å². The lowest BCUT2D eigenvalue weighted by molar-refractivity contribution is 0.324. The molecule has 3 aromatic rings. The van der Waals surface area contributed by atoms with Gasteiger partial charge in [0.15, 0.2) is 34.7 Å². The molecule has 0 spiro atoms. The first-order valence-electron chi connectivity index (χ1n) is 9.97. The Morgan fingerprint density at radius 2 is 1.26 bits per heavy atom. The number of benzene rings is 3. The number of rotatable bonds is 9. The number of hydrogen-bond acceptors (Lipinski definition) is 6. The van der Waals surface area contributed by atoms with Crippen molar-refractivity contribution in [2.24, 2.45) is 0 Å². The number of halogens is 3. The molecule has 0 aliphatic heterocycles. The second-order valence-corrected chi connectivity index (χ2v) is 8.74. The molecule has 3 rings (SSSR count). The van der Waals surface area contributed by atoms with Gasteiger partial charge in [0.05, 0.1) is 39.0 Å². The summed E-state index contributed by atoms with van der Waals surface area (Å²) in [5, 5.41) is 0. The predicted molar refractivity (Wildman–Crippen MR) is 125 cm³/mol. The number of anilines is 1. The molecule has 0 bridgehead atoms. The first-order chi connectivity index (χ1) is 16.6. The van der Waals surface area contributed by atoms with E-state index < -0.39 is 32.4 Å². The molecule has 0 saturated heterocycles. The van der Waals surface area contributed by atoms with E-state index in [1.807, 2.05) is 0 Å². The minimum absolute atomic E-state index is 0.234. The fraction of sp³-hybridized carbons (Fsp3) is 0.167. The second-order valence-electron chi connectivity index (χ2n) is 7.06. The first kappa shape index (κ1) is 25.8. The summed E-state index contributed by atoms with van der Waals surface area (Å²) >= 11 is 0. The molecule has 0 unspecified atom stereocenters. The Kier molecular flexibility index (Phi) is 7.80. The highest BCUT2D eigenvalue weighted by atomic mass is 32.2. The second kappa shape index (κ2) is 10.6. The van der Waals surface area contributed by atoms with E-state index in [0.717, 1.165) is 12.1 Å². The van der Waals surface area contributed by atoms with E-state index in [4.69, 9.17) is 18.9 Å². The van der Waals surface area contributed by atoms with Gasteiger partial charge in [0.2, 0.25) is 5.75 Å². The average Bonchev–Trinajstić information content (AvgIpc) is 2.83. The third kappa shape index (κ3) is 5.62. The topological polar surface area (TPSA) is 83.1 Å². The van der Waals surface area contributed by atoms with Crippen molar-refractivity contribution in [2.75, 3.05) is 33.2 Å².